The molecule has 11 heteroatoms. The number of ether oxygens (including phenoxy) is 1. The normalized spacial score (nSPS) is 11.7. The van der Waals surface area contributed by atoms with Crippen molar-refractivity contribution in [1.82, 2.24) is 9.13 Å². The van der Waals surface area contributed by atoms with Crippen LogP contribution in [-0.2, 0) is 28.8 Å². The Balaban J connectivity index is 1.96. The zero-order valence-electron chi connectivity index (χ0n) is 16.9. The Morgan fingerprint density at radius 1 is 1.12 bits per heavy atom. The van der Waals surface area contributed by atoms with Gasteiger partial charge in [0.15, 0.2) is 0 Å². The number of carbonyl (C=O) groups excluding carboxylic acids is 1. The van der Waals surface area contributed by atoms with Crippen molar-refractivity contribution in [3.63, 3.8) is 0 Å². The lowest BCUT2D eigenvalue weighted by Gasteiger charge is -2.15. The van der Waals surface area contributed by atoms with Crippen molar-refractivity contribution in [2.24, 2.45) is 0 Å². The van der Waals surface area contributed by atoms with Gasteiger partial charge in [-0.3, -0.25) is 18.7 Å². The molecule has 170 valence electrons. The van der Waals surface area contributed by atoms with E-state index in [0.717, 1.165) is 15.2 Å². The standard InChI is InChI=1S/C21H19ClF3N3O4/c1-32-10-4-9-27-19(30)14-5-2-3-6-17(14)28(20(27)31)12-18(29)26-13-7-8-16(22)15(11-13)21(23,24)25/h2-3,5-8,11H,4,9-10,12H2,1H3,(H,26,29). The van der Waals surface area contributed by atoms with Crippen molar-refractivity contribution in [3.05, 3.63) is 73.9 Å². The summed E-state index contributed by atoms with van der Waals surface area (Å²) in [5.74, 6) is -0.741. The number of hydrogen-bond donors (Lipinski definition) is 1. The summed E-state index contributed by atoms with van der Waals surface area (Å²) in [5, 5.41) is 2.08. The fourth-order valence-corrected chi connectivity index (χ4v) is 3.48. The molecule has 32 heavy (non-hydrogen) atoms. The van der Waals surface area contributed by atoms with E-state index in [1.807, 2.05) is 0 Å². The van der Waals surface area contributed by atoms with Gasteiger partial charge in [-0.25, -0.2) is 4.79 Å². The van der Waals surface area contributed by atoms with Gasteiger partial charge in [0.05, 0.1) is 21.5 Å². The van der Waals surface area contributed by atoms with Gasteiger partial charge in [-0.1, -0.05) is 23.7 Å². The molecule has 7 nitrogen and oxygen atoms in total. The highest BCUT2D eigenvalue weighted by atomic mass is 35.5. The van der Waals surface area contributed by atoms with Gasteiger partial charge in [-0.15, -0.1) is 0 Å². The second-order valence-corrected chi connectivity index (χ2v) is 7.34. The van der Waals surface area contributed by atoms with Crippen LogP contribution in [0.25, 0.3) is 10.9 Å². The zero-order valence-corrected chi connectivity index (χ0v) is 17.7. The third kappa shape index (κ3) is 5.03. The summed E-state index contributed by atoms with van der Waals surface area (Å²) in [5.41, 5.74) is -2.17. The van der Waals surface area contributed by atoms with Crippen LogP contribution in [-0.4, -0.2) is 28.8 Å². The minimum absolute atomic E-state index is 0.0874. The fraction of sp³-hybridized carbons (Fsp3) is 0.286. The van der Waals surface area contributed by atoms with Crippen molar-refractivity contribution in [2.45, 2.75) is 25.7 Å². The van der Waals surface area contributed by atoms with E-state index in [1.54, 1.807) is 12.1 Å². The minimum Gasteiger partial charge on any atom is -0.385 e. The summed E-state index contributed by atoms with van der Waals surface area (Å²) in [6.07, 6.45) is -4.29. The van der Waals surface area contributed by atoms with Crippen LogP contribution < -0.4 is 16.6 Å². The van der Waals surface area contributed by atoms with Gasteiger partial charge in [0.2, 0.25) is 5.91 Å². The predicted octanol–water partition coefficient (Wildman–Crippen LogP) is 3.51. The second kappa shape index (κ2) is 9.58. The molecule has 1 heterocycles. The van der Waals surface area contributed by atoms with Gasteiger partial charge >= 0.3 is 11.9 Å². The Morgan fingerprint density at radius 2 is 1.84 bits per heavy atom. The Kier molecular flexibility index (Phi) is 7.05. The third-order valence-electron chi connectivity index (χ3n) is 4.72. The molecular formula is C21H19ClF3N3O4. The second-order valence-electron chi connectivity index (χ2n) is 6.93. The van der Waals surface area contributed by atoms with Crippen LogP contribution in [0.15, 0.2) is 52.1 Å². The number of halogens is 4. The Bertz CT molecular complexity index is 1270. The highest BCUT2D eigenvalue weighted by molar-refractivity contribution is 6.31. The third-order valence-corrected chi connectivity index (χ3v) is 5.05. The smallest absolute Gasteiger partial charge is 0.385 e. The Morgan fingerprint density at radius 3 is 2.53 bits per heavy atom. The number of aromatic nitrogens is 2. The van der Waals surface area contributed by atoms with E-state index in [4.69, 9.17) is 16.3 Å². The Labute approximate surface area is 185 Å². The molecule has 3 rings (SSSR count). The molecule has 0 bridgehead atoms. The molecule has 0 unspecified atom stereocenters. The molecule has 0 saturated heterocycles. The average Bonchev–Trinajstić information content (AvgIpc) is 2.74. The van der Waals surface area contributed by atoms with E-state index in [2.05, 4.69) is 5.32 Å². The van der Waals surface area contributed by atoms with Crippen LogP contribution in [0, 0.1) is 0 Å². The molecule has 0 fully saturated rings. The zero-order chi connectivity index (χ0) is 23.5. The molecule has 1 amide bonds. The van der Waals surface area contributed by atoms with E-state index in [-0.39, 0.29) is 23.1 Å². The topological polar surface area (TPSA) is 82.3 Å². The van der Waals surface area contributed by atoms with Crippen LogP contribution in [0.2, 0.25) is 5.02 Å². The number of nitrogens with zero attached hydrogens (tertiary/aromatic N) is 2. The molecule has 1 N–H and O–H groups in total. The number of nitrogens with one attached hydrogen (secondary N) is 1. The van der Waals surface area contributed by atoms with E-state index in [9.17, 15) is 27.6 Å². The molecule has 0 aliphatic heterocycles. The lowest BCUT2D eigenvalue weighted by atomic mass is 10.2. The summed E-state index contributed by atoms with van der Waals surface area (Å²) in [7, 11) is 1.49. The van der Waals surface area contributed by atoms with Crippen LogP contribution in [0.1, 0.15) is 12.0 Å². The summed E-state index contributed by atoms with van der Waals surface area (Å²) in [6, 6.07) is 9.26. The van der Waals surface area contributed by atoms with E-state index in [0.29, 0.717) is 19.1 Å². The maximum atomic E-state index is 13.1. The maximum Gasteiger partial charge on any atom is 0.417 e. The maximum absolute atomic E-state index is 13.1. The summed E-state index contributed by atoms with van der Waals surface area (Å²) in [4.78, 5) is 38.3. The molecule has 0 spiro atoms. The first-order chi connectivity index (χ1) is 15.1. The number of anilines is 1. The number of alkyl halides is 3. The van der Waals surface area contributed by atoms with Gasteiger partial charge in [-0.2, -0.15) is 13.2 Å². The monoisotopic (exact) mass is 469 g/mol. The molecule has 0 atom stereocenters. The number of para-hydroxylation sites is 1. The molecule has 2 aromatic carbocycles. The number of carbonyl (C=O) groups is 1. The van der Waals surface area contributed by atoms with Crippen LogP contribution in [0.3, 0.4) is 0 Å². The first kappa shape index (κ1) is 23.6. The van der Waals surface area contributed by atoms with Crippen LogP contribution in [0.5, 0.6) is 0 Å². The lowest BCUT2D eigenvalue weighted by Crippen LogP contribution is -2.42. The van der Waals surface area contributed by atoms with Crippen molar-refractivity contribution in [2.75, 3.05) is 19.0 Å². The van der Waals surface area contributed by atoms with E-state index < -0.39 is 40.5 Å². The highest BCUT2D eigenvalue weighted by Crippen LogP contribution is 2.36. The average molecular weight is 470 g/mol. The highest BCUT2D eigenvalue weighted by Gasteiger charge is 2.33. The van der Waals surface area contributed by atoms with E-state index >= 15 is 0 Å². The van der Waals surface area contributed by atoms with Crippen LogP contribution >= 0.6 is 11.6 Å². The van der Waals surface area contributed by atoms with Gasteiger partial charge in [0.1, 0.15) is 6.54 Å². The minimum atomic E-state index is -4.69. The molecule has 3 aromatic rings. The number of benzene rings is 2. The molecular weight excluding hydrogens is 451 g/mol. The quantitative estimate of drug-likeness (QED) is 0.537. The summed E-state index contributed by atoms with van der Waals surface area (Å²) >= 11 is 5.60. The van der Waals surface area contributed by atoms with Gasteiger partial charge < -0.3 is 10.1 Å². The summed E-state index contributed by atoms with van der Waals surface area (Å²) < 4.78 is 46.3. The van der Waals surface area contributed by atoms with Gasteiger partial charge in [0, 0.05) is 25.9 Å². The number of amides is 1. The number of methoxy groups -OCH3 is 1. The van der Waals surface area contributed by atoms with Crippen molar-refractivity contribution in [3.8, 4) is 0 Å². The molecule has 0 aliphatic carbocycles. The first-order valence-electron chi connectivity index (χ1n) is 9.51. The van der Waals surface area contributed by atoms with E-state index in [1.165, 1.54) is 25.3 Å². The first-order valence-corrected chi connectivity index (χ1v) is 9.89. The SMILES string of the molecule is COCCCn1c(=O)c2ccccc2n(CC(=O)Nc2ccc(Cl)c(C(F)(F)F)c2)c1=O. The fourth-order valence-electron chi connectivity index (χ4n) is 3.25. The number of fused-ring (bicyclic) bond motifs is 1. The summed E-state index contributed by atoms with van der Waals surface area (Å²) in [6.45, 7) is -0.0880. The number of rotatable bonds is 7. The van der Waals surface area contributed by atoms with Crippen molar-refractivity contribution < 1.29 is 22.7 Å². The van der Waals surface area contributed by atoms with Crippen LogP contribution in [0.4, 0.5) is 18.9 Å². The number of hydrogen-bond acceptors (Lipinski definition) is 4. The molecule has 1 aromatic heterocycles. The molecule has 0 saturated carbocycles. The molecule has 0 radical (unpaired) electrons. The van der Waals surface area contributed by atoms with Crippen molar-refractivity contribution in [1.29, 1.82) is 0 Å². The largest absolute Gasteiger partial charge is 0.417 e. The Hall–Kier alpha value is -3.11. The lowest BCUT2D eigenvalue weighted by molar-refractivity contribution is -0.137. The van der Waals surface area contributed by atoms with Crippen molar-refractivity contribution >= 4 is 34.1 Å². The predicted molar refractivity (Wildman–Crippen MR) is 114 cm³/mol. The van der Waals surface area contributed by atoms with Gasteiger partial charge in [0.25, 0.3) is 5.56 Å². The molecule has 0 aliphatic rings. The van der Waals surface area contributed by atoms with Gasteiger partial charge in [-0.05, 0) is 36.8 Å².